The quantitative estimate of drug-likeness (QED) is 0.671. The van der Waals surface area contributed by atoms with Crippen LogP contribution in [0, 0.1) is 0 Å². The highest BCUT2D eigenvalue weighted by molar-refractivity contribution is 5.96. The van der Waals surface area contributed by atoms with Crippen molar-refractivity contribution in [2.45, 2.75) is 0 Å². The van der Waals surface area contributed by atoms with Crippen LogP contribution in [0.1, 0.15) is 10.4 Å². The van der Waals surface area contributed by atoms with Crippen LogP contribution in [0.25, 0.3) is 0 Å². The maximum atomic E-state index is 11.9. The number of hydrogen-bond acceptors (Lipinski definition) is 4. The molecule has 2 heterocycles. The minimum Gasteiger partial charge on any atom is -0.505 e. The second-order valence-electron chi connectivity index (χ2n) is 3.44. The Morgan fingerprint density at radius 3 is 2.87 bits per heavy atom. The first-order valence-electron chi connectivity index (χ1n) is 4.92. The van der Waals surface area contributed by atoms with Crippen LogP contribution in [0.15, 0.2) is 18.5 Å². The van der Waals surface area contributed by atoms with Crippen molar-refractivity contribution in [1.29, 1.82) is 0 Å². The molecule has 1 aliphatic heterocycles. The highest BCUT2D eigenvalue weighted by Gasteiger charge is 2.20. The Hall–Kier alpha value is -1.62. The molecule has 1 fully saturated rings. The highest BCUT2D eigenvalue weighted by Crippen LogP contribution is 2.16. The maximum Gasteiger partial charge on any atom is 0.257 e. The van der Waals surface area contributed by atoms with Crippen molar-refractivity contribution in [2.75, 3.05) is 26.2 Å². The molecule has 5 heteroatoms. The van der Waals surface area contributed by atoms with Gasteiger partial charge in [0.2, 0.25) is 0 Å². The van der Waals surface area contributed by atoms with Crippen LogP contribution in [0.4, 0.5) is 0 Å². The molecule has 0 aromatic carbocycles. The van der Waals surface area contributed by atoms with Gasteiger partial charge in [0.25, 0.3) is 5.91 Å². The molecule has 0 radical (unpaired) electrons. The number of carbonyl (C=O) groups excluding carboxylic acids is 1. The van der Waals surface area contributed by atoms with Gasteiger partial charge >= 0.3 is 0 Å². The molecular formula is C10H13N3O2. The lowest BCUT2D eigenvalue weighted by atomic mass is 10.2. The molecule has 1 aromatic heterocycles. The standard InChI is InChI=1S/C10H13N3O2/c14-9-7-12-2-1-8(9)10(15)13-5-3-11-4-6-13/h1-2,7,11,14H,3-6H2. The fourth-order valence-electron chi connectivity index (χ4n) is 1.61. The third-order valence-electron chi connectivity index (χ3n) is 2.43. The predicted molar refractivity (Wildman–Crippen MR) is 54.7 cm³/mol. The minimum atomic E-state index is -0.128. The van der Waals surface area contributed by atoms with E-state index >= 15 is 0 Å². The van der Waals surface area contributed by atoms with Crippen molar-refractivity contribution in [3.63, 3.8) is 0 Å². The Labute approximate surface area is 87.7 Å². The molecule has 0 saturated carbocycles. The van der Waals surface area contributed by atoms with E-state index in [0.717, 1.165) is 13.1 Å². The van der Waals surface area contributed by atoms with Gasteiger partial charge in [-0.15, -0.1) is 0 Å². The Bertz CT molecular complexity index is 361. The number of nitrogens with zero attached hydrogens (tertiary/aromatic N) is 2. The van der Waals surface area contributed by atoms with Gasteiger partial charge in [-0.3, -0.25) is 9.78 Å². The Morgan fingerprint density at radius 2 is 2.20 bits per heavy atom. The summed E-state index contributed by atoms with van der Waals surface area (Å²) in [7, 11) is 0. The van der Waals surface area contributed by atoms with Crippen LogP contribution >= 0.6 is 0 Å². The Morgan fingerprint density at radius 1 is 1.47 bits per heavy atom. The summed E-state index contributed by atoms with van der Waals surface area (Å²) in [5.74, 6) is -0.183. The van der Waals surface area contributed by atoms with E-state index < -0.39 is 0 Å². The van der Waals surface area contributed by atoms with E-state index in [-0.39, 0.29) is 11.7 Å². The van der Waals surface area contributed by atoms with Crippen molar-refractivity contribution in [3.05, 3.63) is 24.0 Å². The second kappa shape index (κ2) is 4.27. The number of carbonyl (C=O) groups is 1. The van der Waals surface area contributed by atoms with Crippen LogP contribution < -0.4 is 5.32 Å². The average molecular weight is 207 g/mol. The molecule has 5 nitrogen and oxygen atoms in total. The third-order valence-corrected chi connectivity index (χ3v) is 2.43. The van der Waals surface area contributed by atoms with Crippen LogP contribution in [-0.4, -0.2) is 47.1 Å². The topological polar surface area (TPSA) is 65.5 Å². The molecular weight excluding hydrogens is 194 g/mol. The van der Waals surface area contributed by atoms with Crippen molar-refractivity contribution in [3.8, 4) is 5.75 Å². The van der Waals surface area contributed by atoms with Gasteiger partial charge in [-0.1, -0.05) is 0 Å². The first kappa shape index (κ1) is 9.92. The summed E-state index contributed by atoms with van der Waals surface area (Å²) in [5, 5.41) is 12.7. The van der Waals surface area contributed by atoms with E-state index in [9.17, 15) is 9.90 Å². The molecule has 0 spiro atoms. The van der Waals surface area contributed by atoms with Crippen molar-refractivity contribution >= 4 is 5.91 Å². The zero-order valence-electron chi connectivity index (χ0n) is 8.31. The number of hydrogen-bond donors (Lipinski definition) is 2. The average Bonchev–Trinajstić information content (AvgIpc) is 2.30. The number of nitrogens with one attached hydrogen (secondary N) is 1. The fraction of sp³-hybridized carbons (Fsp3) is 0.400. The molecule has 2 rings (SSSR count). The number of amides is 1. The number of piperazine rings is 1. The Balaban J connectivity index is 2.16. The molecule has 2 N–H and O–H groups in total. The maximum absolute atomic E-state index is 11.9. The second-order valence-corrected chi connectivity index (χ2v) is 3.44. The molecule has 0 atom stereocenters. The number of aromatic nitrogens is 1. The van der Waals surface area contributed by atoms with Crippen LogP contribution in [0.2, 0.25) is 0 Å². The molecule has 1 saturated heterocycles. The predicted octanol–water partition coefficient (Wildman–Crippen LogP) is -0.167. The molecule has 80 valence electrons. The van der Waals surface area contributed by atoms with Gasteiger partial charge in [-0.05, 0) is 6.07 Å². The molecule has 0 aliphatic carbocycles. The van der Waals surface area contributed by atoms with Crippen LogP contribution in [-0.2, 0) is 0 Å². The van der Waals surface area contributed by atoms with Gasteiger partial charge in [0.15, 0.2) is 0 Å². The number of aromatic hydroxyl groups is 1. The monoisotopic (exact) mass is 207 g/mol. The van der Waals surface area contributed by atoms with Gasteiger partial charge in [0.1, 0.15) is 5.75 Å². The van der Waals surface area contributed by atoms with Crippen LogP contribution in [0.3, 0.4) is 0 Å². The van der Waals surface area contributed by atoms with E-state index in [1.807, 2.05) is 0 Å². The lowest BCUT2D eigenvalue weighted by Crippen LogP contribution is -2.46. The van der Waals surface area contributed by atoms with Gasteiger partial charge in [-0.25, -0.2) is 0 Å². The molecule has 1 aliphatic rings. The SMILES string of the molecule is O=C(c1ccncc1O)N1CCNCC1. The van der Waals surface area contributed by atoms with E-state index in [4.69, 9.17) is 0 Å². The largest absolute Gasteiger partial charge is 0.505 e. The number of pyridine rings is 1. The van der Waals surface area contributed by atoms with E-state index in [1.54, 1.807) is 11.0 Å². The number of rotatable bonds is 1. The van der Waals surface area contributed by atoms with Gasteiger partial charge in [-0.2, -0.15) is 0 Å². The van der Waals surface area contributed by atoms with Gasteiger partial charge < -0.3 is 15.3 Å². The van der Waals surface area contributed by atoms with Crippen molar-refractivity contribution in [2.24, 2.45) is 0 Å². The first-order valence-corrected chi connectivity index (χ1v) is 4.92. The van der Waals surface area contributed by atoms with Crippen LogP contribution in [0.5, 0.6) is 5.75 Å². The van der Waals surface area contributed by atoms with Gasteiger partial charge in [0.05, 0.1) is 11.8 Å². The fourth-order valence-corrected chi connectivity index (χ4v) is 1.61. The van der Waals surface area contributed by atoms with Gasteiger partial charge in [0, 0.05) is 32.4 Å². The summed E-state index contributed by atoms with van der Waals surface area (Å²) in [6, 6.07) is 1.54. The minimum absolute atomic E-state index is 0.0546. The molecule has 1 aromatic rings. The summed E-state index contributed by atoms with van der Waals surface area (Å²) < 4.78 is 0. The first-order chi connectivity index (χ1) is 7.29. The molecule has 0 unspecified atom stereocenters. The lowest BCUT2D eigenvalue weighted by molar-refractivity contribution is 0.0732. The summed E-state index contributed by atoms with van der Waals surface area (Å²) in [4.78, 5) is 17.4. The van der Waals surface area contributed by atoms with E-state index in [1.165, 1.54) is 12.4 Å². The molecule has 1 amide bonds. The molecule has 0 bridgehead atoms. The van der Waals surface area contributed by atoms with E-state index in [2.05, 4.69) is 10.3 Å². The summed E-state index contributed by atoms with van der Waals surface area (Å²) in [5.41, 5.74) is 0.326. The third kappa shape index (κ3) is 2.07. The zero-order chi connectivity index (χ0) is 10.7. The summed E-state index contributed by atoms with van der Waals surface area (Å²) >= 11 is 0. The Kier molecular flexibility index (Phi) is 2.82. The smallest absolute Gasteiger partial charge is 0.257 e. The van der Waals surface area contributed by atoms with Crippen molar-refractivity contribution in [1.82, 2.24) is 15.2 Å². The lowest BCUT2D eigenvalue weighted by Gasteiger charge is -2.27. The summed E-state index contributed by atoms with van der Waals surface area (Å²) in [6.07, 6.45) is 2.80. The zero-order valence-corrected chi connectivity index (χ0v) is 8.31. The van der Waals surface area contributed by atoms with Crippen molar-refractivity contribution < 1.29 is 9.90 Å². The molecule has 15 heavy (non-hydrogen) atoms. The summed E-state index contributed by atoms with van der Waals surface area (Å²) in [6.45, 7) is 2.97. The normalized spacial score (nSPS) is 16.4. The van der Waals surface area contributed by atoms with E-state index in [0.29, 0.717) is 18.7 Å². The highest BCUT2D eigenvalue weighted by atomic mass is 16.3.